The molecule has 0 atom stereocenters. The van der Waals surface area contributed by atoms with Crippen LogP contribution < -0.4 is 0 Å². The van der Waals surface area contributed by atoms with Crippen LogP contribution in [0.25, 0.3) is 17.1 Å². The van der Waals surface area contributed by atoms with Crippen molar-refractivity contribution < 1.29 is 4.79 Å². The zero-order valence-corrected chi connectivity index (χ0v) is 13.8. The Bertz CT molecular complexity index is 888. The molecule has 0 fully saturated rings. The molecule has 0 radical (unpaired) electrons. The summed E-state index contributed by atoms with van der Waals surface area (Å²) in [5, 5.41) is 0. The maximum atomic E-state index is 12.6. The summed E-state index contributed by atoms with van der Waals surface area (Å²) in [5.41, 5.74) is 4.40. The predicted molar refractivity (Wildman–Crippen MR) is 96.6 cm³/mol. The third-order valence-electron chi connectivity index (χ3n) is 3.76. The average Bonchev–Trinajstić information content (AvgIpc) is 2.61. The molecule has 0 spiro atoms. The first-order valence-corrected chi connectivity index (χ1v) is 7.82. The van der Waals surface area contributed by atoms with E-state index < -0.39 is 0 Å². The average molecular weight is 317 g/mol. The number of fused-ring (bicyclic) bond motifs is 1. The van der Waals surface area contributed by atoms with Crippen molar-refractivity contribution in [1.29, 1.82) is 0 Å². The molecule has 0 unspecified atom stereocenters. The number of likely N-dealkylation sites (N-methyl/N-ethyl adjacent to an activating group) is 1. The highest BCUT2D eigenvalue weighted by molar-refractivity contribution is 5.97. The standard InChI is InChI=1S/C20H19N3O/c1-15(12-16-6-4-3-5-7-16)14-23(2)20(24)17-8-9-18-19(13-17)22-11-10-21-18/h3-13H,14H2,1-2H3/b15-12+. The monoisotopic (exact) mass is 317 g/mol. The molecule has 3 rings (SSSR count). The number of hydrogen-bond acceptors (Lipinski definition) is 3. The van der Waals surface area contributed by atoms with Crippen molar-refractivity contribution in [2.24, 2.45) is 0 Å². The van der Waals surface area contributed by atoms with E-state index in [-0.39, 0.29) is 5.91 Å². The van der Waals surface area contributed by atoms with Gasteiger partial charge in [0.05, 0.1) is 11.0 Å². The lowest BCUT2D eigenvalue weighted by Gasteiger charge is -2.18. The summed E-state index contributed by atoms with van der Waals surface area (Å²) in [6.45, 7) is 2.61. The highest BCUT2D eigenvalue weighted by Crippen LogP contribution is 2.14. The van der Waals surface area contributed by atoms with Crippen molar-refractivity contribution in [1.82, 2.24) is 14.9 Å². The van der Waals surface area contributed by atoms with Gasteiger partial charge >= 0.3 is 0 Å². The Morgan fingerprint density at radius 1 is 1.04 bits per heavy atom. The van der Waals surface area contributed by atoms with Crippen LogP contribution in [-0.2, 0) is 0 Å². The molecule has 0 saturated heterocycles. The van der Waals surface area contributed by atoms with E-state index in [0.29, 0.717) is 12.1 Å². The van der Waals surface area contributed by atoms with Gasteiger partial charge in [0.1, 0.15) is 0 Å². The lowest BCUT2D eigenvalue weighted by atomic mass is 10.1. The van der Waals surface area contributed by atoms with Crippen molar-refractivity contribution in [3.8, 4) is 0 Å². The molecule has 0 saturated carbocycles. The molecule has 0 N–H and O–H groups in total. The van der Waals surface area contributed by atoms with Crippen molar-refractivity contribution >= 4 is 23.0 Å². The van der Waals surface area contributed by atoms with Gasteiger partial charge in [0.15, 0.2) is 0 Å². The molecule has 4 heteroatoms. The number of aromatic nitrogens is 2. The Hall–Kier alpha value is -3.01. The summed E-state index contributed by atoms with van der Waals surface area (Å²) in [6, 6.07) is 15.5. The van der Waals surface area contributed by atoms with Crippen LogP contribution in [0.3, 0.4) is 0 Å². The van der Waals surface area contributed by atoms with Gasteiger partial charge in [-0.25, -0.2) is 0 Å². The van der Waals surface area contributed by atoms with Crippen molar-refractivity contribution in [3.05, 3.63) is 77.6 Å². The normalized spacial score (nSPS) is 11.5. The van der Waals surface area contributed by atoms with Gasteiger partial charge in [0, 0.05) is 31.5 Å². The van der Waals surface area contributed by atoms with Crippen LogP contribution in [0, 0.1) is 0 Å². The molecule has 0 aliphatic carbocycles. The van der Waals surface area contributed by atoms with Crippen LogP contribution in [0.4, 0.5) is 0 Å². The number of amides is 1. The number of hydrogen-bond donors (Lipinski definition) is 0. The molecule has 24 heavy (non-hydrogen) atoms. The molecule has 4 nitrogen and oxygen atoms in total. The summed E-state index contributed by atoms with van der Waals surface area (Å²) in [6.07, 6.45) is 5.37. The number of carbonyl (C=O) groups is 1. The summed E-state index contributed by atoms with van der Waals surface area (Å²) in [7, 11) is 1.81. The smallest absolute Gasteiger partial charge is 0.253 e. The third-order valence-corrected chi connectivity index (χ3v) is 3.76. The maximum Gasteiger partial charge on any atom is 0.253 e. The van der Waals surface area contributed by atoms with Gasteiger partial charge in [0.25, 0.3) is 5.91 Å². The molecule has 0 aliphatic heterocycles. The zero-order valence-electron chi connectivity index (χ0n) is 13.8. The highest BCUT2D eigenvalue weighted by Gasteiger charge is 2.13. The number of carbonyl (C=O) groups excluding carboxylic acids is 1. The fourth-order valence-electron chi connectivity index (χ4n) is 2.64. The van der Waals surface area contributed by atoms with Crippen molar-refractivity contribution in [2.45, 2.75) is 6.92 Å². The lowest BCUT2D eigenvalue weighted by molar-refractivity contribution is 0.0807. The van der Waals surface area contributed by atoms with E-state index in [1.165, 1.54) is 0 Å². The molecule has 1 aromatic heterocycles. The van der Waals surface area contributed by atoms with Crippen molar-refractivity contribution in [2.75, 3.05) is 13.6 Å². The quantitative estimate of drug-likeness (QED) is 0.735. The minimum atomic E-state index is -0.0247. The first-order chi connectivity index (χ1) is 11.6. The molecule has 120 valence electrons. The molecule has 0 bridgehead atoms. The molecule has 1 heterocycles. The summed E-state index contributed by atoms with van der Waals surface area (Å²) in [5.74, 6) is -0.0247. The SMILES string of the molecule is C/C(=C\c1ccccc1)CN(C)C(=O)c1ccc2nccnc2c1. The molecule has 1 amide bonds. The van der Waals surface area contributed by atoms with Gasteiger partial charge in [-0.15, -0.1) is 0 Å². The van der Waals surface area contributed by atoms with Crippen molar-refractivity contribution in [3.63, 3.8) is 0 Å². The van der Waals surface area contributed by atoms with Crippen LogP contribution in [0.5, 0.6) is 0 Å². The van der Waals surface area contributed by atoms with Gasteiger partial charge in [-0.3, -0.25) is 14.8 Å². The first kappa shape index (κ1) is 15.9. The molecular weight excluding hydrogens is 298 g/mol. The minimum absolute atomic E-state index is 0.0247. The Kier molecular flexibility index (Phi) is 4.66. The van der Waals surface area contributed by atoms with Crippen LogP contribution in [0.1, 0.15) is 22.8 Å². The topological polar surface area (TPSA) is 46.1 Å². The number of nitrogens with zero attached hydrogens (tertiary/aromatic N) is 3. The Morgan fingerprint density at radius 3 is 2.50 bits per heavy atom. The van der Waals surface area contributed by atoms with E-state index in [4.69, 9.17) is 0 Å². The Morgan fingerprint density at radius 2 is 1.75 bits per heavy atom. The van der Waals surface area contributed by atoms with Gasteiger partial charge < -0.3 is 4.90 Å². The van der Waals surface area contributed by atoms with Gasteiger partial charge in [-0.2, -0.15) is 0 Å². The van der Waals surface area contributed by atoms with E-state index in [0.717, 1.165) is 22.2 Å². The maximum absolute atomic E-state index is 12.6. The van der Waals surface area contributed by atoms with E-state index in [1.54, 1.807) is 29.4 Å². The van der Waals surface area contributed by atoms with E-state index >= 15 is 0 Å². The first-order valence-electron chi connectivity index (χ1n) is 7.82. The molecular formula is C20H19N3O. The molecule has 0 aliphatic rings. The van der Waals surface area contributed by atoms with Crippen LogP contribution in [0.15, 0.2) is 66.5 Å². The van der Waals surface area contributed by atoms with Crippen LogP contribution in [0.2, 0.25) is 0 Å². The van der Waals surface area contributed by atoms with Crippen LogP contribution >= 0.6 is 0 Å². The van der Waals surface area contributed by atoms with E-state index in [1.807, 2.05) is 50.4 Å². The second kappa shape index (κ2) is 7.04. The lowest BCUT2D eigenvalue weighted by Crippen LogP contribution is -2.28. The zero-order chi connectivity index (χ0) is 16.9. The Balaban J connectivity index is 1.75. The van der Waals surface area contributed by atoms with E-state index in [9.17, 15) is 4.79 Å². The molecule has 2 aromatic carbocycles. The Labute approximate surface area is 141 Å². The summed E-state index contributed by atoms with van der Waals surface area (Å²) in [4.78, 5) is 22.8. The fourth-order valence-corrected chi connectivity index (χ4v) is 2.64. The third kappa shape index (κ3) is 3.66. The molecule has 3 aromatic rings. The van der Waals surface area contributed by atoms with E-state index in [2.05, 4.69) is 16.0 Å². The van der Waals surface area contributed by atoms with Gasteiger partial charge in [0.2, 0.25) is 0 Å². The predicted octanol–water partition coefficient (Wildman–Crippen LogP) is 3.81. The van der Waals surface area contributed by atoms with Crippen LogP contribution in [-0.4, -0.2) is 34.4 Å². The summed E-state index contributed by atoms with van der Waals surface area (Å²) >= 11 is 0. The highest BCUT2D eigenvalue weighted by atomic mass is 16.2. The van der Waals surface area contributed by atoms with Gasteiger partial charge in [-0.05, 0) is 30.7 Å². The fraction of sp³-hybridized carbons (Fsp3) is 0.150. The van der Waals surface area contributed by atoms with Gasteiger partial charge in [-0.1, -0.05) is 42.0 Å². The minimum Gasteiger partial charge on any atom is -0.338 e. The second-order valence-electron chi connectivity index (χ2n) is 5.82. The second-order valence-corrected chi connectivity index (χ2v) is 5.82. The largest absolute Gasteiger partial charge is 0.338 e. The number of rotatable bonds is 4. The summed E-state index contributed by atoms with van der Waals surface area (Å²) < 4.78 is 0. The number of benzene rings is 2.